The van der Waals surface area contributed by atoms with Crippen LogP contribution >= 0.6 is 11.6 Å². The van der Waals surface area contributed by atoms with E-state index in [0.717, 1.165) is 11.4 Å². The average Bonchev–Trinajstić information content (AvgIpc) is 3.01. The predicted octanol–water partition coefficient (Wildman–Crippen LogP) is 5.09. The van der Waals surface area contributed by atoms with Gasteiger partial charge in [-0.2, -0.15) is 10.4 Å². The van der Waals surface area contributed by atoms with E-state index >= 15 is 0 Å². The van der Waals surface area contributed by atoms with Crippen molar-refractivity contribution in [3.05, 3.63) is 70.0 Å². The molecule has 0 unspecified atom stereocenters. The van der Waals surface area contributed by atoms with E-state index in [4.69, 9.17) is 21.6 Å². The smallest absolute Gasteiger partial charge is 0.251 e. The Hall–Kier alpha value is -3.34. The van der Waals surface area contributed by atoms with Crippen molar-refractivity contribution in [2.75, 3.05) is 0 Å². The number of hydrogen-bond acceptors (Lipinski definition) is 5. The standard InChI is InChI=1S/C25H27ClN4O3/c1-15-22(16(2)30(29-15)19-10-7-18(14-27)21(26)13-19)33-20-11-8-17(9-12-20)23(31)28-24(3,4)25(5,6)32/h7-13,32H,1-6H3,(H,28,31). The third-order valence-corrected chi connectivity index (χ3v) is 6.15. The summed E-state index contributed by atoms with van der Waals surface area (Å²) in [6.07, 6.45) is 0. The van der Waals surface area contributed by atoms with Crippen LogP contribution in [-0.4, -0.2) is 31.9 Å². The first kappa shape index (κ1) is 24.3. The molecule has 1 amide bonds. The topological polar surface area (TPSA) is 100 Å². The number of nitrogens with one attached hydrogen (secondary N) is 1. The molecule has 0 aliphatic rings. The Morgan fingerprint density at radius 1 is 1.15 bits per heavy atom. The van der Waals surface area contributed by atoms with Crippen LogP contribution in [0.2, 0.25) is 5.02 Å². The molecule has 0 radical (unpaired) electrons. The van der Waals surface area contributed by atoms with Gasteiger partial charge in [-0.15, -0.1) is 0 Å². The van der Waals surface area contributed by atoms with E-state index in [0.29, 0.717) is 33.3 Å². The van der Waals surface area contributed by atoms with Gasteiger partial charge in [0.05, 0.1) is 33.1 Å². The van der Waals surface area contributed by atoms with E-state index in [2.05, 4.69) is 10.4 Å². The largest absolute Gasteiger partial charge is 0.453 e. The van der Waals surface area contributed by atoms with Crippen LogP contribution in [0.1, 0.15) is 55.0 Å². The number of aryl methyl sites for hydroxylation is 1. The number of carbonyl (C=O) groups is 1. The van der Waals surface area contributed by atoms with Crippen LogP contribution < -0.4 is 10.1 Å². The van der Waals surface area contributed by atoms with Gasteiger partial charge >= 0.3 is 0 Å². The number of carbonyl (C=O) groups excluding carboxylic acids is 1. The van der Waals surface area contributed by atoms with Crippen molar-refractivity contribution in [2.24, 2.45) is 0 Å². The van der Waals surface area contributed by atoms with Crippen molar-refractivity contribution < 1.29 is 14.6 Å². The lowest BCUT2D eigenvalue weighted by atomic mass is 9.86. The number of halogens is 1. The molecule has 7 nitrogen and oxygen atoms in total. The molecule has 1 aromatic heterocycles. The lowest BCUT2D eigenvalue weighted by Gasteiger charge is -2.38. The van der Waals surface area contributed by atoms with Crippen LogP contribution in [0.4, 0.5) is 0 Å². The van der Waals surface area contributed by atoms with Crippen LogP contribution in [-0.2, 0) is 0 Å². The molecule has 33 heavy (non-hydrogen) atoms. The van der Waals surface area contributed by atoms with Crippen LogP contribution in [0.25, 0.3) is 5.69 Å². The fourth-order valence-electron chi connectivity index (χ4n) is 3.06. The van der Waals surface area contributed by atoms with Crippen molar-refractivity contribution in [3.63, 3.8) is 0 Å². The average molecular weight is 467 g/mol. The molecule has 8 heteroatoms. The number of aliphatic hydroxyl groups is 1. The molecule has 0 aliphatic carbocycles. The molecule has 0 spiro atoms. The first-order valence-corrected chi connectivity index (χ1v) is 10.8. The minimum absolute atomic E-state index is 0.286. The second-order valence-electron chi connectivity index (χ2n) is 8.95. The summed E-state index contributed by atoms with van der Waals surface area (Å²) in [4.78, 5) is 12.6. The number of hydrogen-bond donors (Lipinski definition) is 2. The molecule has 3 rings (SSSR count). The van der Waals surface area contributed by atoms with Gasteiger partial charge in [0.25, 0.3) is 5.91 Å². The zero-order valence-corrected chi connectivity index (χ0v) is 20.3. The van der Waals surface area contributed by atoms with E-state index < -0.39 is 11.1 Å². The SMILES string of the molecule is Cc1nn(-c2ccc(C#N)c(Cl)c2)c(C)c1Oc1ccc(C(=O)NC(C)(C)C(C)(C)O)cc1. The third-order valence-electron chi connectivity index (χ3n) is 5.83. The van der Waals surface area contributed by atoms with E-state index in [1.54, 1.807) is 74.8 Å². The Morgan fingerprint density at radius 3 is 2.33 bits per heavy atom. The minimum Gasteiger partial charge on any atom is -0.453 e. The third kappa shape index (κ3) is 5.03. The van der Waals surface area contributed by atoms with Gasteiger partial charge in [-0.25, -0.2) is 4.68 Å². The molecule has 1 heterocycles. The highest BCUT2D eigenvalue weighted by atomic mass is 35.5. The molecule has 2 N–H and O–H groups in total. The van der Waals surface area contributed by atoms with E-state index in [1.807, 2.05) is 19.9 Å². The number of nitrogens with zero attached hydrogens (tertiary/aromatic N) is 3. The maximum absolute atomic E-state index is 12.6. The molecule has 172 valence electrons. The molecule has 0 saturated carbocycles. The summed E-state index contributed by atoms with van der Waals surface area (Å²) in [6, 6.07) is 13.9. The Morgan fingerprint density at radius 2 is 1.79 bits per heavy atom. The monoisotopic (exact) mass is 466 g/mol. The van der Waals surface area contributed by atoms with E-state index in [1.165, 1.54) is 0 Å². The number of nitriles is 1. The first-order chi connectivity index (χ1) is 15.3. The molecule has 0 bridgehead atoms. The van der Waals surface area contributed by atoms with Gasteiger partial charge in [0.2, 0.25) is 0 Å². The highest BCUT2D eigenvalue weighted by molar-refractivity contribution is 6.31. The van der Waals surface area contributed by atoms with Gasteiger partial charge in [-0.05, 0) is 84.0 Å². The summed E-state index contributed by atoms with van der Waals surface area (Å²) >= 11 is 6.17. The maximum Gasteiger partial charge on any atom is 0.251 e. The highest BCUT2D eigenvalue weighted by Gasteiger charge is 2.36. The van der Waals surface area contributed by atoms with Crippen LogP contribution in [0.15, 0.2) is 42.5 Å². The van der Waals surface area contributed by atoms with E-state index in [-0.39, 0.29) is 5.91 Å². The number of aromatic nitrogens is 2. The summed E-state index contributed by atoms with van der Waals surface area (Å²) in [5.74, 6) is 0.860. The van der Waals surface area contributed by atoms with Gasteiger partial charge in [0.15, 0.2) is 5.75 Å². The van der Waals surface area contributed by atoms with Gasteiger partial charge in [0, 0.05) is 5.56 Å². The predicted molar refractivity (Wildman–Crippen MR) is 127 cm³/mol. The van der Waals surface area contributed by atoms with Gasteiger partial charge in [0.1, 0.15) is 17.5 Å². The van der Waals surface area contributed by atoms with Crippen molar-refractivity contribution in [2.45, 2.75) is 52.7 Å². The van der Waals surface area contributed by atoms with Crippen molar-refractivity contribution in [1.29, 1.82) is 5.26 Å². The number of amides is 1. The minimum atomic E-state index is -1.08. The molecular formula is C25H27ClN4O3. The Kier molecular flexibility index (Phi) is 6.55. The molecule has 0 saturated heterocycles. The molecular weight excluding hydrogens is 440 g/mol. The maximum atomic E-state index is 12.6. The quantitative estimate of drug-likeness (QED) is 0.527. The lowest BCUT2D eigenvalue weighted by molar-refractivity contribution is -0.00292. The van der Waals surface area contributed by atoms with Crippen molar-refractivity contribution >= 4 is 17.5 Å². The summed E-state index contributed by atoms with van der Waals surface area (Å²) in [5, 5.41) is 27.1. The van der Waals surface area contributed by atoms with Gasteiger partial charge in [-0.3, -0.25) is 4.79 Å². The number of benzene rings is 2. The van der Waals surface area contributed by atoms with Crippen molar-refractivity contribution in [1.82, 2.24) is 15.1 Å². The summed E-state index contributed by atoms with van der Waals surface area (Å²) in [5.41, 5.74) is 1.13. The molecule has 3 aromatic rings. The zero-order valence-electron chi connectivity index (χ0n) is 19.5. The number of ether oxygens (including phenoxy) is 1. The van der Waals surface area contributed by atoms with Crippen LogP contribution in [0, 0.1) is 25.2 Å². The number of rotatable bonds is 6. The fraction of sp³-hybridized carbons (Fsp3) is 0.320. The van der Waals surface area contributed by atoms with Crippen LogP contribution in [0.5, 0.6) is 11.5 Å². The van der Waals surface area contributed by atoms with Crippen LogP contribution in [0.3, 0.4) is 0 Å². The Bertz CT molecular complexity index is 1230. The summed E-state index contributed by atoms with van der Waals surface area (Å²) in [6.45, 7) is 10.6. The van der Waals surface area contributed by atoms with Gasteiger partial charge < -0.3 is 15.2 Å². The second-order valence-corrected chi connectivity index (χ2v) is 9.36. The van der Waals surface area contributed by atoms with Gasteiger partial charge in [-0.1, -0.05) is 11.6 Å². The molecule has 0 atom stereocenters. The van der Waals surface area contributed by atoms with Crippen molar-refractivity contribution in [3.8, 4) is 23.3 Å². The molecule has 0 aliphatic heterocycles. The second kappa shape index (κ2) is 8.89. The van der Waals surface area contributed by atoms with E-state index in [9.17, 15) is 9.90 Å². The molecule has 0 fully saturated rings. The first-order valence-electron chi connectivity index (χ1n) is 10.4. The lowest BCUT2D eigenvalue weighted by Crippen LogP contribution is -2.57. The summed E-state index contributed by atoms with van der Waals surface area (Å²) in [7, 11) is 0. The zero-order chi connectivity index (χ0) is 24.6. The Balaban J connectivity index is 1.80. The molecule has 2 aromatic carbocycles. The highest BCUT2D eigenvalue weighted by Crippen LogP contribution is 2.31. The fourth-order valence-corrected chi connectivity index (χ4v) is 3.27. The normalized spacial score (nSPS) is 11.7. The Labute approximate surface area is 198 Å². The summed E-state index contributed by atoms with van der Waals surface area (Å²) < 4.78 is 7.77.